The summed E-state index contributed by atoms with van der Waals surface area (Å²) >= 11 is 6.17. The highest BCUT2D eigenvalue weighted by molar-refractivity contribution is 6.35. The van der Waals surface area contributed by atoms with E-state index in [1.807, 2.05) is 37.3 Å². The smallest absolute Gasteiger partial charge is 0.258 e. The van der Waals surface area contributed by atoms with E-state index in [-0.39, 0.29) is 18.6 Å². The summed E-state index contributed by atoms with van der Waals surface area (Å²) in [5.41, 5.74) is 1.92. The van der Waals surface area contributed by atoms with Crippen LogP contribution in [0.25, 0.3) is 10.9 Å². The summed E-state index contributed by atoms with van der Waals surface area (Å²) < 4.78 is 5.67. The first-order valence-corrected chi connectivity index (χ1v) is 9.00. The lowest BCUT2D eigenvalue weighted by Crippen LogP contribution is -2.36. The molecule has 0 radical (unpaired) electrons. The molecule has 26 heavy (non-hydrogen) atoms. The zero-order valence-electron chi connectivity index (χ0n) is 14.6. The van der Waals surface area contributed by atoms with Gasteiger partial charge in [0.1, 0.15) is 11.3 Å². The Balaban J connectivity index is 1.52. The molecule has 0 saturated heterocycles. The number of carbonyl (C=O) groups is 1. The number of halogens is 1. The van der Waals surface area contributed by atoms with Gasteiger partial charge in [0, 0.05) is 17.6 Å². The van der Waals surface area contributed by atoms with Gasteiger partial charge in [0.05, 0.1) is 5.02 Å². The van der Waals surface area contributed by atoms with Crippen molar-refractivity contribution in [1.29, 1.82) is 0 Å². The van der Waals surface area contributed by atoms with Crippen molar-refractivity contribution in [3.8, 4) is 5.75 Å². The zero-order chi connectivity index (χ0) is 18.4. The average molecular weight is 369 g/mol. The maximum Gasteiger partial charge on any atom is 0.258 e. The number of aryl methyl sites for hydroxylation is 1. The van der Waals surface area contributed by atoms with Gasteiger partial charge in [0.25, 0.3) is 5.91 Å². The predicted octanol–water partition coefficient (Wildman–Crippen LogP) is 4.40. The molecule has 1 unspecified atom stereocenters. The molecule has 1 amide bonds. The highest BCUT2D eigenvalue weighted by Gasteiger charge is 2.11. The van der Waals surface area contributed by atoms with Crippen LogP contribution in [0.3, 0.4) is 0 Å². The van der Waals surface area contributed by atoms with Crippen LogP contribution >= 0.6 is 11.6 Å². The van der Waals surface area contributed by atoms with Crippen LogP contribution < -0.4 is 10.1 Å². The van der Waals surface area contributed by atoms with Gasteiger partial charge in [-0.05, 0) is 49.6 Å². The Kier molecular flexibility index (Phi) is 6.08. The summed E-state index contributed by atoms with van der Waals surface area (Å²) in [6.07, 6.45) is 3.48. The van der Waals surface area contributed by atoms with E-state index in [2.05, 4.69) is 22.4 Å². The molecule has 3 rings (SSSR count). The van der Waals surface area contributed by atoms with Crippen molar-refractivity contribution in [1.82, 2.24) is 10.3 Å². The molecular weight excluding hydrogens is 348 g/mol. The number of benzene rings is 2. The Morgan fingerprint density at radius 2 is 1.96 bits per heavy atom. The van der Waals surface area contributed by atoms with Crippen molar-refractivity contribution in [2.45, 2.75) is 25.8 Å². The number of amides is 1. The number of rotatable bonds is 7. The number of carbonyl (C=O) groups excluding carboxylic acids is 1. The lowest BCUT2D eigenvalue weighted by atomic mass is 10.1. The average Bonchev–Trinajstić information content (AvgIpc) is 2.67. The maximum absolute atomic E-state index is 12.2. The molecule has 0 aliphatic heterocycles. The SMILES string of the molecule is CC(CCc1ccccc1)NC(=O)COc1ccc(Cl)c2cccnc12. The van der Waals surface area contributed by atoms with E-state index >= 15 is 0 Å². The number of fused-ring (bicyclic) bond motifs is 1. The van der Waals surface area contributed by atoms with E-state index in [0.717, 1.165) is 18.2 Å². The van der Waals surface area contributed by atoms with E-state index in [1.165, 1.54) is 5.56 Å². The van der Waals surface area contributed by atoms with Gasteiger partial charge in [0.15, 0.2) is 6.61 Å². The fourth-order valence-corrected chi connectivity index (χ4v) is 3.00. The topological polar surface area (TPSA) is 51.2 Å². The van der Waals surface area contributed by atoms with Gasteiger partial charge in [-0.1, -0.05) is 41.9 Å². The largest absolute Gasteiger partial charge is 0.481 e. The van der Waals surface area contributed by atoms with Crippen molar-refractivity contribution >= 4 is 28.4 Å². The van der Waals surface area contributed by atoms with Gasteiger partial charge in [0.2, 0.25) is 0 Å². The highest BCUT2D eigenvalue weighted by atomic mass is 35.5. The predicted molar refractivity (Wildman–Crippen MR) is 105 cm³/mol. The zero-order valence-corrected chi connectivity index (χ0v) is 15.4. The van der Waals surface area contributed by atoms with E-state index < -0.39 is 0 Å². The highest BCUT2D eigenvalue weighted by Crippen LogP contribution is 2.29. The number of nitrogens with zero attached hydrogens (tertiary/aromatic N) is 1. The number of hydrogen-bond donors (Lipinski definition) is 1. The third-order valence-corrected chi connectivity index (χ3v) is 4.48. The second kappa shape index (κ2) is 8.68. The Bertz CT molecular complexity index is 884. The molecule has 0 aliphatic carbocycles. The normalized spacial score (nSPS) is 11.9. The Morgan fingerprint density at radius 3 is 2.77 bits per heavy atom. The third kappa shape index (κ3) is 4.73. The van der Waals surface area contributed by atoms with Crippen molar-refractivity contribution in [2.24, 2.45) is 0 Å². The van der Waals surface area contributed by atoms with E-state index in [9.17, 15) is 4.79 Å². The molecular formula is C21H21ClN2O2. The van der Waals surface area contributed by atoms with E-state index in [1.54, 1.807) is 18.3 Å². The lowest BCUT2D eigenvalue weighted by molar-refractivity contribution is -0.123. The van der Waals surface area contributed by atoms with Crippen LogP contribution in [0.15, 0.2) is 60.8 Å². The second-order valence-electron chi connectivity index (χ2n) is 6.23. The first-order valence-electron chi connectivity index (χ1n) is 8.63. The van der Waals surface area contributed by atoms with Crippen LogP contribution in [0.2, 0.25) is 5.02 Å². The molecule has 1 atom stereocenters. The molecule has 1 heterocycles. The number of hydrogen-bond acceptors (Lipinski definition) is 3. The second-order valence-corrected chi connectivity index (χ2v) is 6.63. The van der Waals surface area contributed by atoms with Crippen LogP contribution in [0.5, 0.6) is 5.75 Å². The Labute approximate surface area is 158 Å². The molecule has 5 heteroatoms. The number of aromatic nitrogens is 1. The molecule has 3 aromatic rings. The van der Waals surface area contributed by atoms with Gasteiger partial charge < -0.3 is 10.1 Å². The molecule has 0 bridgehead atoms. The van der Waals surface area contributed by atoms with Crippen LogP contribution in [0.4, 0.5) is 0 Å². The summed E-state index contributed by atoms with van der Waals surface area (Å²) in [6, 6.07) is 17.5. The molecule has 0 aliphatic rings. The van der Waals surface area contributed by atoms with E-state index in [0.29, 0.717) is 16.3 Å². The Hall–Kier alpha value is -2.59. The fourth-order valence-electron chi connectivity index (χ4n) is 2.79. The van der Waals surface area contributed by atoms with Crippen molar-refractivity contribution < 1.29 is 9.53 Å². The lowest BCUT2D eigenvalue weighted by Gasteiger charge is -2.15. The van der Waals surface area contributed by atoms with Crippen LogP contribution in [-0.4, -0.2) is 23.5 Å². The maximum atomic E-state index is 12.2. The minimum atomic E-state index is -0.149. The third-order valence-electron chi connectivity index (χ3n) is 4.15. The van der Waals surface area contributed by atoms with Crippen LogP contribution in [0.1, 0.15) is 18.9 Å². The summed E-state index contributed by atoms with van der Waals surface area (Å²) in [6.45, 7) is 1.95. The molecule has 4 nitrogen and oxygen atoms in total. The van der Waals surface area contributed by atoms with E-state index in [4.69, 9.17) is 16.3 Å². The standard InChI is InChI=1S/C21H21ClN2O2/c1-15(9-10-16-6-3-2-4-7-16)24-20(25)14-26-19-12-11-18(22)17-8-5-13-23-21(17)19/h2-8,11-13,15H,9-10,14H2,1H3,(H,24,25). The minimum Gasteiger partial charge on any atom is -0.481 e. The van der Waals surface area contributed by atoms with Crippen molar-refractivity contribution in [3.05, 3.63) is 71.4 Å². The number of pyridine rings is 1. The summed E-state index contributed by atoms with van der Waals surface area (Å²) in [4.78, 5) is 16.5. The number of nitrogens with one attached hydrogen (secondary N) is 1. The van der Waals surface area contributed by atoms with Gasteiger partial charge in [-0.15, -0.1) is 0 Å². The Morgan fingerprint density at radius 1 is 1.15 bits per heavy atom. The minimum absolute atomic E-state index is 0.0526. The molecule has 2 aromatic carbocycles. The molecule has 0 fully saturated rings. The van der Waals surface area contributed by atoms with Crippen LogP contribution in [0, 0.1) is 0 Å². The monoisotopic (exact) mass is 368 g/mol. The van der Waals surface area contributed by atoms with Gasteiger partial charge in [-0.25, -0.2) is 0 Å². The summed E-state index contributed by atoms with van der Waals surface area (Å²) in [7, 11) is 0. The van der Waals surface area contributed by atoms with Gasteiger partial charge in [-0.2, -0.15) is 0 Å². The summed E-state index contributed by atoms with van der Waals surface area (Å²) in [5.74, 6) is 0.404. The van der Waals surface area contributed by atoms with Gasteiger partial charge in [-0.3, -0.25) is 9.78 Å². The first kappa shape index (κ1) is 18.2. The fraction of sp³-hybridized carbons (Fsp3) is 0.238. The first-order chi connectivity index (χ1) is 12.6. The molecule has 1 N–H and O–H groups in total. The van der Waals surface area contributed by atoms with Crippen molar-refractivity contribution in [2.75, 3.05) is 6.61 Å². The van der Waals surface area contributed by atoms with Crippen LogP contribution in [-0.2, 0) is 11.2 Å². The molecule has 134 valence electrons. The summed E-state index contributed by atoms with van der Waals surface area (Å²) in [5, 5.41) is 4.39. The van der Waals surface area contributed by atoms with Gasteiger partial charge >= 0.3 is 0 Å². The van der Waals surface area contributed by atoms with Crippen molar-refractivity contribution in [3.63, 3.8) is 0 Å². The molecule has 0 spiro atoms. The quantitative estimate of drug-likeness (QED) is 0.672. The molecule has 1 aromatic heterocycles. The molecule has 0 saturated carbocycles. The number of ether oxygens (including phenoxy) is 1.